The van der Waals surface area contributed by atoms with Crippen LogP contribution in [0.25, 0.3) is 0 Å². The highest BCUT2D eigenvalue weighted by Crippen LogP contribution is 2.12. The molecule has 1 aliphatic rings. The molecule has 1 amide bonds. The van der Waals surface area contributed by atoms with Gasteiger partial charge < -0.3 is 9.64 Å². The number of amides is 1. The lowest BCUT2D eigenvalue weighted by atomic mass is 10.3. The molecule has 17 heavy (non-hydrogen) atoms. The van der Waals surface area contributed by atoms with E-state index in [9.17, 15) is 13.2 Å². The Morgan fingerprint density at radius 2 is 1.71 bits per heavy atom. The summed E-state index contributed by atoms with van der Waals surface area (Å²) in [4.78, 5) is 13.1. The van der Waals surface area contributed by atoms with Gasteiger partial charge in [0.2, 0.25) is 0 Å². The summed E-state index contributed by atoms with van der Waals surface area (Å²) < 4.78 is 27.5. The second-order valence-electron chi connectivity index (χ2n) is 3.82. The minimum atomic E-state index is -2.97. The Kier molecular flexibility index (Phi) is 3.33. The molecule has 1 fully saturated rings. The zero-order chi connectivity index (χ0) is 12.3. The molecule has 1 aliphatic heterocycles. The van der Waals surface area contributed by atoms with Crippen molar-refractivity contribution in [2.24, 2.45) is 0 Å². The van der Waals surface area contributed by atoms with E-state index in [1.54, 1.807) is 24.3 Å². The zero-order valence-electron chi connectivity index (χ0n) is 9.20. The number of carbonyl (C=O) groups excluding carboxylic acids is 1. The summed E-state index contributed by atoms with van der Waals surface area (Å²) in [7, 11) is -2.97. The van der Waals surface area contributed by atoms with Gasteiger partial charge in [-0.25, -0.2) is 13.2 Å². The number of carbonyl (C=O) groups is 1. The van der Waals surface area contributed by atoms with E-state index in [1.165, 1.54) is 4.90 Å². The highest BCUT2D eigenvalue weighted by Gasteiger charge is 2.26. The lowest BCUT2D eigenvalue weighted by Gasteiger charge is -2.25. The van der Waals surface area contributed by atoms with Crippen LogP contribution in [0.4, 0.5) is 4.79 Å². The van der Waals surface area contributed by atoms with Crippen molar-refractivity contribution in [2.45, 2.75) is 0 Å². The van der Waals surface area contributed by atoms with Gasteiger partial charge in [0.1, 0.15) is 5.75 Å². The first-order chi connectivity index (χ1) is 8.07. The number of ether oxygens (including phenoxy) is 1. The second-order valence-corrected chi connectivity index (χ2v) is 6.12. The number of sulfone groups is 1. The molecule has 0 atom stereocenters. The third-order valence-electron chi connectivity index (χ3n) is 2.55. The lowest BCUT2D eigenvalue weighted by Crippen LogP contribution is -2.44. The first-order valence-corrected chi connectivity index (χ1v) is 7.11. The van der Waals surface area contributed by atoms with Crippen molar-refractivity contribution >= 4 is 15.9 Å². The largest absolute Gasteiger partial charge is 0.415 e. The Morgan fingerprint density at radius 1 is 1.12 bits per heavy atom. The van der Waals surface area contributed by atoms with Crippen molar-refractivity contribution in [1.82, 2.24) is 4.90 Å². The number of nitrogens with zero attached hydrogens (tertiary/aromatic N) is 1. The summed E-state index contributed by atoms with van der Waals surface area (Å²) in [5, 5.41) is 0. The minimum absolute atomic E-state index is 0.0108. The average Bonchev–Trinajstić information content (AvgIpc) is 2.30. The summed E-state index contributed by atoms with van der Waals surface area (Å²) in [6.07, 6.45) is -0.494. The van der Waals surface area contributed by atoms with Crippen LogP contribution in [0.2, 0.25) is 0 Å². The summed E-state index contributed by atoms with van der Waals surface area (Å²) in [6, 6.07) is 8.72. The van der Waals surface area contributed by atoms with Gasteiger partial charge in [-0.3, -0.25) is 0 Å². The molecule has 1 aromatic rings. The van der Waals surface area contributed by atoms with Gasteiger partial charge in [0.05, 0.1) is 11.5 Å². The molecule has 0 spiro atoms. The van der Waals surface area contributed by atoms with Gasteiger partial charge in [0.15, 0.2) is 9.84 Å². The standard InChI is InChI=1S/C11H13NO4S/c13-11(16-10-4-2-1-3-5-10)12-6-8-17(14,15)9-7-12/h1-5H,6-9H2. The van der Waals surface area contributed by atoms with Gasteiger partial charge in [-0.15, -0.1) is 0 Å². The van der Waals surface area contributed by atoms with E-state index in [2.05, 4.69) is 0 Å². The van der Waals surface area contributed by atoms with E-state index in [-0.39, 0.29) is 24.6 Å². The lowest BCUT2D eigenvalue weighted by molar-refractivity contribution is 0.156. The quantitative estimate of drug-likeness (QED) is 0.748. The maximum Gasteiger partial charge on any atom is 0.415 e. The smallest absolute Gasteiger partial charge is 0.410 e. The van der Waals surface area contributed by atoms with Crippen LogP contribution >= 0.6 is 0 Å². The molecule has 92 valence electrons. The number of rotatable bonds is 1. The van der Waals surface area contributed by atoms with E-state index in [0.29, 0.717) is 5.75 Å². The molecule has 0 aromatic heterocycles. The van der Waals surface area contributed by atoms with E-state index >= 15 is 0 Å². The predicted molar refractivity (Wildman–Crippen MR) is 62.7 cm³/mol. The Bertz CT molecular complexity index is 483. The third-order valence-corrected chi connectivity index (χ3v) is 4.16. The molecular formula is C11H13NO4S. The fraction of sp³-hybridized carbons (Fsp3) is 0.364. The fourth-order valence-electron chi connectivity index (χ4n) is 1.55. The molecule has 1 saturated heterocycles. The topological polar surface area (TPSA) is 63.7 Å². The van der Waals surface area contributed by atoms with Crippen LogP contribution < -0.4 is 4.74 Å². The Balaban J connectivity index is 1.94. The monoisotopic (exact) mass is 255 g/mol. The third kappa shape index (κ3) is 3.20. The van der Waals surface area contributed by atoms with Crippen molar-refractivity contribution in [3.8, 4) is 5.75 Å². The molecule has 1 aromatic carbocycles. The van der Waals surface area contributed by atoms with Crippen molar-refractivity contribution < 1.29 is 17.9 Å². The maximum atomic E-state index is 11.7. The molecule has 0 N–H and O–H groups in total. The Labute approximate surface area is 99.9 Å². The second kappa shape index (κ2) is 4.75. The first kappa shape index (κ1) is 11.9. The number of para-hydroxylation sites is 1. The molecule has 6 heteroatoms. The minimum Gasteiger partial charge on any atom is -0.410 e. The van der Waals surface area contributed by atoms with Gasteiger partial charge >= 0.3 is 6.09 Å². The van der Waals surface area contributed by atoms with Crippen LogP contribution in [0.1, 0.15) is 0 Å². The normalized spacial score (nSPS) is 18.7. The average molecular weight is 255 g/mol. The van der Waals surface area contributed by atoms with Crippen LogP contribution in [0.3, 0.4) is 0 Å². The molecule has 2 rings (SSSR count). The van der Waals surface area contributed by atoms with E-state index in [4.69, 9.17) is 4.74 Å². The molecule has 1 heterocycles. The fourth-order valence-corrected chi connectivity index (χ4v) is 2.75. The highest BCUT2D eigenvalue weighted by atomic mass is 32.2. The van der Waals surface area contributed by atoms with E-state index < -0.39 is 15.9 Å². The Hall–Kier alpha value is -1.56. The molecule has 5 nitrogen and oxygen atoms in total. The summed E-state index contributed by atoms with van der Waals surface area (Å²) in [5.74, 6) is 0.485. The zero-order valence-corrected chi connectivity index (χ0v) is 10.0. The summed E-state index contributed by atoms with van der Waals surface area (Å²) >= 11 is 0. The predicted octanol–water partition coefficient (Wildman–Crippen LogP) is 0.916. The van der Waals surface area contributed by atoms with Crippen molar-refractivity contribution in [2.75, 3.05) is 24.6 Å². The van der Waals surface area contributed by atoms with Gasteiger partial charge in [-0.1, -0.05) is 18.2 Å². The SMILES string of the molecule is O=C(Oc1ccccc1)N1CCS(=O)(=O)CC1. The van der Waals surface area contributed by atoms with Gasteiger partial charge in [0, 0.05) is 13.1 Å². The Morgan fingerprint density at radius 3 is 2.29 bits per heavy atom. The van der Waals surface area contributed by atoms with Crippen molar-refractivity contribution in [1.29, 1.82) is 0 Å². The number of benzene rings is 1. The van der Waals surface area contributed by atoms with E-state index in [0.717, 1.165) is 0 Å². The van der Waals surface area contributed by atoms with Crippen LogP contribution in [-0.2, 0) is 9.84 Å². The number of hydrogen-bond donors (Lipinski definition) is 0. The molecule has 0 radical (unpaired) electrons. The van der Waals surface area contributed by atoms with Crippen LogP contribution in [-0.4, -0.2) is 44.0 Å². The van der Waals surface area contributed by atoms with Gasteiger partial charge in [-0.2, -0.15) is 0 Å². The van der Waals surface area contributed by atoms with Crippen molar-refractivity contribution in [3.05, 3.63) is 30.3 Å². The summed E-state index contributed by atoms with van der Waals surface area (Å²) in [5.41, 5.74) is 0. The van der Waals surface area contributed by atoms with Crippen LogP contribution in [0, 0.1) is 0 Å². The summed E-state index contributed by atoms with van der Waals surface area (Å²) in [6.45, 7) is 0.405. The van der Waals surface area contributed by atoms with Gasteiger partial charge in [0.25, 0.3) is 0 Å². The van der Waals surface area contributed by atoms with Crippen LogP contribution in [0.5, 0.6) is 5.75 Å². The molecular weight excluding hydrogens is 242 g/mol. The molecule has 0 unspecified atom stereocenters. The first-order valence-electron chi connectivity index (χ1n) is 5.29. The van der Waals surface area contributed by atoms with Crippen LogP contribution in [0.15, 0.2) is 30.3 Å². The highest BCUT2D eigenvalue weighted by molar-refractivity contribution is 7.91. The number of hydrogen-bond acceptors (Lipinski definition) is 4. The maximum absolute atomic E-state index is 11.7. The molecule has 0 aliphatic carbocycles. The molecule has 0 bridgehead atoms. The van der Waals surface area contributed by atoms with E-state index in [1.807, 2.05) is 6.07 Å². The van der Waals surface area contributed by atoms with Gasteiger partial charge in [-0.05, 0) is 12.1 Å². The molecule has 0 saturated carbocycles. The van der Waals surface area contributed by atoms with Crippen molar-refractivity contribution in [3.63, 3.8) is 0 Å².